The Balaban J connectivity index is 1.71. The number of benzene rings is 2. The van der Waals surface area contributed by atoms with E-state index in [1.54, 1.807) is 28.1 Å². The average Bonchev–Trinajstić information content (AvgIpc) is 3.48. The van der Waals surface area contributed by atoms with Crippen LogP contribution in [0.5, 0.6) is 11.5 Å². The summed E-state index contributed by atoms with van der Waals surface area (Å²) in [6.07, 6.45) is -0.541. The maximum atomic E-state index is 12.8. The zero-order chi connectivity index (χ0) is 25.3. The van der Waals surface area contributed by atoms with Crippen molar-refractivity contribution in [1.82, 2.24) is 24.6 Å². The third-order valence-corrected chi connectivity index (χ3v) is 5.13. The van der Waals surface area contributed by atoms with Gasteiger partial charge in [-0.25, -0.2) is 9.67 Å². The van der Waals surface area contributed by atoms with Gasteiger partial charge in [0.05, 0.1) is 37.1 Å². The van der Waals surface area contributed by atoms with Gasteiger partial charge in [0.25, 0.3) is 5.91 Å². The lowest BCUT2D eigenvalue weighted by Crippen LogP contribution is -2.34. The topological polar surface area (TPSA) is 83.2 Å². The third-order valence-electron chi connectivity index (χ3n) is 5.13. The number of fused-ring (bicyclic) bond motifs is 1. The molecule has 0 radical (unpaired) electrons. The summed E-state index contributed by atoms with van der Waals surface area (Å²) >= 11 is 0. The summed E-state index contributed by atoms with van der Waals surface area (Å²) in [4.78, 5) is 16.8. The molecule has 0 saturated carbocycles. The normalized spacial score (nSPS) is 11.8. The van der Waals surface area contributed by atoms with Crippen LogP contribution in [-0.2, 0) is 0 Å². The fourth-order valence-electron chi connectivity index (χ4n) is 3.52. The molecule has 8 nitrogen and oxygen atoms in total. The van der Waals surface area contributed by atoms with E-state index in [0.717, 1.165) is 0 Å². The van der Waals surface area contributed by atoms with Gasteiger partial charge in [-0.15, -0.1) is 0 Å². The molecule has 35 heavy (non-hydrogen) atoms. The monoisotopic (exact) mass is 495 g/mol. The molecule has 184 valence electrons. The van der Waals surface area contributed by atoms with E-state index in [1.165, 1.54) is 45.1 Å². The van der Waals surface area contributed by atoms with Gasteiger partial charge in [0.1, 0.15) is 29.9 Å². The Morgan fingerprint density at radius 1 is 1.09 bits per heavy atom. The number of hydrogen-bond donors (Lipinski definition) is 1. The van der Waals surface area contributed by atoms with Gasteiger partial charge in [0.15, 0.2) is 0 Å². The molecule has 0 bridgehead atoms. The molecule has 4 rings (SSSR count). The van der Waals surface area contributed by atoms with E-state index >= 15 is 0 Å². The first-order valence-corrected chi connectivity index (χ1v) is 10.0. The zero-order valence-electron chi connectivity index (χ0n) is 18.3. The summed E-state index contributed by atoms with van der Waals surface area (Å²) in [6, 6.07) is 8.06. The molecule has 0 saturated heterocycles. The summed E-state index contributed by atoms with van der Waals surface area (Å²) in [5.74, 6) is -1.01. The summed E-state index contributed by atoms with van der Waals surface area (Å²) < 4.78 is 76.0. The molecule has 0 atom stereocenters. The van der Waals surface area contributed by atoms with Crippen LogP contribution in [0.1, 0.15) is 16.9 Å². The van der Waals surface area contributed by atoms with Crippen molar-refractivity contribution in [2.45, 2.75) is 12.7 Å². The molecule has 2 heterocycles. The molecule has 0 aliphatic rings. The molecule has 13 heteroatoms. The predicted octanol–water partition coefficient (Wildman–Crippen LogP) is 4.59. The Bertz CT molecular complexity index is 1350. The van der Waals surface area contributed by atoms with E-state index in [9.17, 15) is 26.7 Å². The second kappa shape index (κ2) is 9.24. The fourth-order valence-corrected chi connectivity index (χ4v) is 3.52. The SMILES string of the molecule is COc1cc(-n2cnc3cc(-c4cnn(C(F)F)c4)ccc32)cc(OC)c1C(=O)NCC(F)(F)F. The molecule has 0 unspecified atom stereocenters. The number of amides is 1. The van der Waals surface area contributed by atoms with Crippen LogP contribution in [0.3, 0.4) is 0 Å². The van der Waals surface area contributed by atoms with E-state index in [1.807, 2.05) is 0 Å². The van der Waals surface area contributed by atoms with Crippen LogP contribution < -0.4 is 14.8 Å². The van der Waals surface area contributed by atoms with E-state index in [-0.39, 0.29) is 17.1 Å². The molecular weight excluding hydrogens is 477 g/mol. The van der Waals surface area contributed by atoms with Crippen molar-refractivity contribution in [2.24, 2.45) is 0 Å². The van der Waals surface area contributed by atoms with E-state index in [4.69, 9.17) is 9.47 Å². The second-order valence-corrected chi connectivity index (χ2v) is 7.33. The number of alkyl halides is 5. The number of nitrogens with zero attached hydrogens (tertiary/aromatic N) is 4. The predicted molar refractivity (Wildman–Crippen MR) is 115 cm³/mol. The lowest BCUT2D eigenvalue weighted by atomic mass is 10.1. The number of ether oxygens (including phenoxy) is 2. The molecule has 0 aliphatic heterocycles. The fraction of sp³-hybridized carbons (Fsp3) is 0.227. The van der Waals surface area contributed by atoms with Crippen molar-refractivity contribution in [2.75, 3.05) is 20.8 Å². The number of hydrogen-bond acceptors (Lipinski definition) is 5. The number of carbonyl (C=O) groups excluding carboxylic acids is 1. The van der Waals surface area contributed by atoms with E-state index < -0.39 is 25.2 Å². The molecule has 2 aromatic carbocycles. The van der Waals surface area contributed by atoms with Crippen molar-refractivity contribution in [3.63, 3.8) is 0 Å². The Morgan fingerprint density at radius 3 is 2.34 bits per heavy atom. The van der Waals surface area contributed by atoms with Crippen LogP contribution in [0.4, 0.5) is 22.0 Å². The van der Waals surface area contributed by atoms with Crippen molar-refractivity contribution >= 4 is 16.9 Å². The number of halogens is 5. The quantitative estimate of drug-likeness (QED) is 0.379. The van der Waals surface area contributed by atoms with Crippen LogP contribution in [0.25, 0.3) is 27.8 Å². The maximum absolute atomic E-state index is 12.8. The van der Waals surface area contributed by atoms with Crippen molar-refractivity contribution < 1.29 is 36.2 Å². The molecule has 0 fully saturated rings. The highest BCUT2D eigenvalue weighted by atomic mass is 19.4. The molecule has 1 N–H and O–H groups in total. The number of methoxy groups -OCH3 is 2. The van der Waals surface area contributed by atoms with Gasteiger partial charge in [-0.1, -0.05) is 6.07 Å². The average molecular weight is 495 g/mol. The number of imidazole rings is 1. The Labute approximate surface area is 194 Å². The number of rotatable bonds is 7. The first kappa shape index (κ1) is 24.0. The minimum atomic E-state index is -4.58. The lowest BCUT2D eigenvalue weighted by molar-refractivity contribution is -0.123. The third kappa shape index (κ3) is 4.88. The molecular formula is C22H18F5N5O3. The van der Waals surface area contributed by atoms with Gasteiger partial charge < -0.3 is 14.8 Å². The molecule has 2 aromatic heterocycles. The highest BCUT2D eigenvalue weighted by molar-refractivity contribution is 6.00. The van der Waals surface area contributed by atoms with E-state index in [2.05, 4.69) is 10.1 Å². The zero-order valence-corrected chi connectivity index (χ0v) is 18.3. The van der Waals surface area contributed by atoms with Crippen molar-refractivity contribution in [3.8, 4) is 28.3 Å². The highest BCUT2D eigenvalue weighted by Gasteiger charge is 2.30. The van der Waals surface area contributed by atoms with Crippen LogP contribution in [0.2, 0.25) is 0 Å². The van der Waals surface area contributed by atoms with Gasteiger partial charge in [-0.05, 0) is 17.7 Å². The first-order valence-electron chi connectivity index (χ1n) is 10.0. The minimum absolute atomic E-state index is 0.00286. The largest absolute Gasteiger partial charge is 0.496 e. The number of aromatic nitrogens is 4. The van der Waals surface area contributed by atoms with Crippen molar-refractivity contribution in [3.05, 3.63) is 54.6 Å². The Hall–Kier alpha value is -4.16. The summed E-state index contributed by atoms with van der Waals surface area (Å²) in [7, 11) is 2.55. The van der Waals surface area contributed by atoms with Gasteiger partial charge in [0.2, 0.25) is 0 Å². The summed E-state index contributed by atoms with van der Waals surface area (Å²) in [6.45, 7) is -4.26. The molecule has 0 spiro atoms. The smallest absolute Gasteiger partial charge is 0.405 e. The van der Waals surface area contributed by atoms with Gasteiger partial charge in [-0.2, -0.15) is 27.1 Å². The Morgan fingerprint density at radius 2 is 1.77 bits per heavy atom. The summed E-state index contributed by atoms with van der Waals surface area (Å²) in [5.41, 5.74) is 2.56. The highest BCUT2D eigenvalue weighted by Crippen LogP contribution is 2.34. The lowest BCUT2D eigenvalue weighted by Gasteiger charge is -2.16. The summed E-state index contributed by atoms with van der Waals surface area (Å²) in [5, 5.41) is 5.44. The minimum Gasteiger partial charge on any atom is -0.496 e. The molecule has 0 aliphatic carbocycles. The Kier molecular flexibility index (Phi) is 6.33. The van der Waals surface area contributed by atoms with Crippen LogP contribution >= 0.6 is 0 Å². The van der Waals surface area contributed by atoms with Gasteiger partial charge in [0, 0.05) is 23.9 Å². The molecule has 1 amide bonds. The van der Waals surface area contributed by atoms with Gasteiger partial charge >= 0.3 is 12.7 Å². The van der Waals surface area contributed by atoms with Crippen LogP contribution in [0.15, 0.2) is 49.1 Å². The number of carbonyl (C=O) groups is 1. The van der Waals surface area contributed by atoms with Gasteiger partial charge in [-0.3, -0.25) is 9.36 Å². The van der Waals surface area contributed by atoms with Crippen LogP contribution in [0, 0.1) is 0 Å². The van der Waals surface area contributed by atoms with Crippen molar-refractivity contribution in [1.29, 1.82) is 0 Å². The maximum Gasteiger partial charge on any atom is 0.405 e. The molecule has 4 aromatic rings. The number of nitrogens with one attached hydrogen (secondary N) is 1. The first-order chi connectivity index (χ1) is 16.6. The van der Waals surface area contributed by atoms with E-state index in [0.29, 0.717) is 32.5 Å². The second-order valence-electron chi connectivity index (χ2n) is 7.33. The standard InChI is InChI=1S/C22H18F5N5O3/c1-34-17-6-14(7-18(35-2)19(17)20(33)28-10-22(25,26)27)31-11-29-15-5-12(3-4-16(15)31)13-8-30-32(9-13)21(23)24/h3-9,11,21H,10H2,1-2H3,(H,28,33). The van der Waals surface area contributed by atoms with Crippen LogP contribution in [-0.4, -0.2) is 52.2 Å².